The Kier molecular flexibility index (Phi) is 3.04. The van der Waals surface area contributed by atoms with Gasteiger partial charge in [-0.05, 0) is 25.3 Å². The highest BCUT2D eigenvalue weighted by Gasteiger charge is 2.47. The van der Waals surface area contributed by atoms with Crippen LogP contribution < -0.4 is 0 Å². The summed E-state index contributed by atoms with van der Waals surface area (Å²) < 4.78 is 0. The van der Waals surface area contributed by atoms with Gasteiger partial charge >= 0.3 is 0 Å². The largest absolute Gasteiger partial charge is 0.294 e. The molecule has 1 fully saturated rings. The van der Waals surface area contributed by atoms with Crippen LogP contribution in [0.3, 0.4) is 0 Å². The van der Waals surface area contributed by atoms with Crippen molar-refractivity contribution in [1.29, 1.82) is 5.26 Å². The average molecular weight is 225 g/mol. The number of unbranched alkanes of at least 4 members (excludes halogenated alkanes) is 1. The molecular formula is C12H17ClN2. The number of hydrogen-bond donors (Lipinski definition) is 0. The molecule has 3 unspecified atom stereocenters. The number of rotatable bonds is 3. The maximum absolute atomic E-state index is 9.17. The molecule has 15 heavy (non-hydrogen) atoms. The molecule has 3 heteroatoms. The summed E-state index contributed by atoms with van der Waals surface area (Å²) in [6.07, 6.45) is 7.55. The van der Waals surface area contributed by atoms with Gasteiger partial charge < -0.3 is 0 Å². The van der Waals surface area contributed by atoms with Crippen molar-refractivity contribution >= 4 is 11.6 Å². The summed E-state index contributed by atoms with van der Waals surface area (Å²) in [4.78, 5) is 1.69. The molecule has 0 saturated carbocycles. The van der Waals surface area contributed by atoms with E-state index in [4.69, 9.17) is 11.6 Å². The quantitative estimate of drug-likeness (QED) is 0.544. The smallest absolute Gasteiger partial charge is 0.150 e. The fourth-order valence-electron chi connectivity index (χ4n) is 2.64. The van der Waals surface area contributed by atoms with Gasteiger partial charge in [0.15, 0.2) is 4.87 Å². The lowest BCUT2D eigenvalue weighted by atomic mass is 9.77. The highest BCUT2D eigenvalue weighted by atomic mass is 35.5. The van der Waals surface area contributed by atoms with Gasteiger partial charge in [-0.25, -0.2) is 0 Å². The predicted molar refractivity (Wildman–Crippen MR) is 61.7 cm³/mol. The zero-order valence-corrected chi connectivity index (χ0v) is 9.87. The van der Waals surface area contributed by atoms with Crippen LogP contribution in [0.5, 0.6) is 0 Å². The summed E-state index contributed by atoms with van der Waals surface area (Å²) >= 11 is 6.38. The van der Waals surface area contributed by atoms with Crippen LogP contribution in [0.4, 0.5) is 0 Å². The summed E-state index contributed by atoms with van der Waals surface area (Å²) in [6, 6.07) is 2.42. The third-order valence-electron chi connectivity index (χ3n) is 3.44. The SMILES string of the molecule is CCCCN1CC2C=CC1C(Cl)(C#N)C2. The van der Waals surface area contributed by atoms with Crippen LogP contribution in [-0.4, -0.2) is 28.9 Å². The van der Waals surface area contributed by atoms with Crippen molar-refractivity contribution in [1.82, 2.24) is 4.90 Å². The molecule has 0 amide bonds. The van der Waals surface area contributed by atoms with Crippen molar-refractivity contribution in [3.8, 4) is 6.07 Å². The molecule has 0 aromatic heterocycles. The molecule has 2 heterocycles. The number of nitriles is 1. The monoisotopic (exact) mass is 224 g/mol. The van der Waals surface area contributed by atoms with E-state index < -0.39 is 4.87 Å². The minimum absolute atomic E-state index is 0.126. The van der Waals surface area contributed by atoms with Gasteiger partial charge in [-0.15, -0.1) is 11.6 Å². The topological polar surface area (TPSA) is 27.0 Å². The van der Waals surface area contributed by atoms with Crippen LogP contribution in [0.1, 0.15) is 26.2 Å². The third kappa shape index (κ3) is 1.91. The molecule has 1 aliphatic carbocycles. The number of nitrogens with zero attached hydrogens (tertiary/aromatic N) is 2. The Balaban J connectivity index is 2.12. The van der Waals surface area contributed by atoms with Crippen LogP contribution in [0.25, 0.3) is 0 Å². The van der Waals surface area contributed by atoms with Crippen molar-refractivity contribution in [3.63, 3.8) is 0 Å². The fourth-order valence-corrected chi connectivity index (χ4v) is 3.05. The summed E-state index contributed by atoms with van der Waals surface area (Å²) in [7, 11) is 0. The molecule has 1 saturated heterocycles. The van der Waals surface area contributed by atoms with Crippen LogP contribution in [0.2, 0.25) is 0 Å². The van der Waals surface area contributed by atoms with Gasteiger partial charge in [0, 0.05) is 6.54 Å². The molecular weight excluding hydrogens is 208 g/mol. The molecule has 2 bridgehead atoms. The lowest BCUT2D eigenvalue weighted by Crippen LogP contribution is -2.57. The summed E-state index contributed by atoms with van der Waals surface area (Å²) in [6.45, 7) is 4.34. The molecule has 3 rings (SSSR count). The minimum Gasteiger partial charge on any atom is -0.294 e. The van der Waals surface area contributed by atoms with E-state index in [0.29, 0.717) is 5.92 Å². The normalized spacial score (nSPS) is 39.3. The highest BCUT2D eigenvalue weighted by Crippen LogP contribution is 2.41. The van der Waals surface area contributed by atoms with Gasteiger partial charge in [-0.2, -0.15) is 5.26 Å². The molecule has 0 spiro atoms. The summed E-state index contributed by atoms with van der Waals surface area (Å²) in [5.74, 6) is 0.476. The minimum atomic E-state index is -0.675. The molecule has 2 aliphatic heterocycles. The van der Waals surface area contributed by atoms with Crippen molar-refractivity contribution in [3.05, 3.63) is 12.2 Å². The molecule has 0 radical (unpaired) electrons. The average Bonchev–Trinajstić information content (AvgIpc) is 2.27. The van der Waals surface area contributed by atoms with Crippen LogP contribution in [0.15, 0.2) is 12.2 Å². The second kappa shape index (κ2) is 4.15. The van der Waals surface area contributed by atoms with E-state index in [0.717, 1.165) is 19.5 Å². The van der Waals surface area contributed by atoms with Crippen molar-refractivity contribution < 1.29 is 0 Å². The number of piperidine rings is 1. The standard InChI is InChI=1S/C12H17ClN2/c1-2-3-6-15-8-10-4-5-11(15)12(13,7-10)9-14/h4-5,10-11H,2-3,6-8H2,1H3. The Morgan fingerprint density at radius 2 is 2.40 bits per heavy atom. The van der Waals surface area contributed by atoms with E-state index in [1.807, 2.05) is 0 Å². The van der Waals surface area contributed by atoms with Crippen molar-refractivity contribution in [2.24, 2.45) is 5.92 Å². The Hall–Kier alpha value is -0.520. The molecule has 3 atom stereocenters. The van der Waals surface area contributed by atoms with Crippen molar-refractivity contribution in [2.75, 3.05) is 13.1 Å². The molecule has 2 nitrogen and oxygen atoms in total. The van der Waals surface area contributed by atoms with Crippen LogP contribution in [-0.2, 0) is 0 Å². The lowest BCUT2D eigenvalue weighted by molar-refractivity contribution is 0.117. The zero-order valence-electron chi connectivity index (χ0n) is 9.12. The Morgan fingerprint density at radius 1 is 1.60 bits per heavy atom. The van der Waals surface area contributed by atoms with Gasteiger partial charge in [-0.3, -0.25) is 4.90 Å². The fraction of sp³-hybridized carbons (Fsp3) is 0.750. The summed E-state index contributed by atoms with van der Waals surface area (Å²) in [5, 5.41) is 9.17. The molecule has 82 valence electrons. The van der Waals surface area contributed by atoms with E-state index in [9.17, 15) is 5.26 Å². The van der Waals surface area contributed by atoms with Gasteiger partial charge in [-0.1, -0.05) is 25.5 Å². The number of halogens is 1. The number of alkyl halides is 1. The Bertz CT molecular complexity index is 307. The molecule has 0 aromatic carbocycles. The third-order valence-corrected chi connectivity index (χ3v) is 3.90. The zero-order chi connectivity index (χ0) is 10.9. The van der Waals surface area contributed by atoms with Crippen molar-refractivity contribution in [2.45, 2.75) is 37.1 Å². The first-order chi connectivity index (χ1) is 7.19. The van der Waals surface area contributed by atoms with E-state index in [1.54, 1.807) is 0 Å². The van der Waals surface area contributed by atoms with Crippen LogP contribution >= 0.6 is 11.6 Å². The molecule has 0 aromatic rings. The predicted octanol–water partition coefficient (Wildman–Crippen LogP) is 2.55. The molecule has 3 aliphatic rings. The van der Waals surface area contributed by atoms with Gasteiger partial charge in [0.1, 0.15) is 0 Å². The number of hydrogen-bond acceptors (Lipinski definition) is 2. The van der Waals surface area contributed by atoms with E-state index >= 15 is 0 Å². The van der Waals surface area contributed by atoms with Gasteiger partial charge in [0.05, 0.1) is 12.1 Å². The van der Waals surface area contributed by atoms with Gasteiger partial charge in [0.2, 0.25) is 0 Å². The maximum Gasteiger partial charge on any atom is 0.150 e. The maximum atomic E-state index is 9.17. The van der Waals surface area contributed by atoms with E-state index in [1.165, 1.54) is 12.8 Å². The Morgan fingerprint density at radius 3 is 3.00 bits per heavy atom. The summed E-state index contributed by atoms with van der Waals surface area (Å²) in [5.41, 5.74) is 0. The second-order valence-electron chi connectivity index (χ2n) is 4.62. The first kappa shape index (κ1) is 11.0. The first-order valence-corrected chi connectivity index (χ1v) is 6.10. The van der Waals surface area contributed by atoms with Crippen LogP contribution in [0, 0.1) is 17.2 Å². The number of fused-ring (bicyclic) bond motifs is 2. The second-order valence-corrected chi connectivity index (χ2v) is 5.29. The molecule has 0 N–H and O–H groups in total. The first-order valence-electron chi connectivity index (χ1n) is 5.72. The van der Waals surface area contributed by atoms with E-state index in [-0.39, 0.29) is 6.04 Å². The highest BCUT2D eigenvalue weighted by molar-refractivity contribution is 6.26. The van der Waals surface area contributed by atoms with Gasteiger partial charge in [0.25, 0.3) is 0 Å². The van der Waals surface area contributed by atoms with E-state index in [2.05, 4.69) is 30.0 Å². The lowest BCUT2D eigenvalue weighted by Gasteiger charge is -2.48. The Labute approximate surface area is 96.5 Å².